The number of aryl methyl sites for hydroxylation is 1. The van der Waals surface area contributed by atoms with Crippen LogP contribution < -0.4 is 5.32 Å². The monoisotopic (exact) mass is 307 g/mol. The summed E-state index contributed by atoms with van der Waals surface area (Å²) in [7, 11) is 2.00. The Labute approximate surface area is 133 Å². The first-order valence-corrected chi connectivity index (χ1v) is 8.64. The fourth-order valence-electron chi connectivity index (χ4n) is 3.75. The molecule has 0 radical (unpaired) electrons. The summed E-state index contributed by atoms with van der Waals surface area (Å²) in [5.74, 6) is 1.37. The minimum Gasteiger partial charge on any atom is -0.381 e. The maximum atomic E-state index is 5.96. The third-order valence-corrected chi connectivity index (χ3v) is 5.12. The molecule has 3 heterocycles. The second kappa shape index (κ2) is 7.57. The summed E-state index contributed by atoms with van der Waals surface area (Å²) >= 11 is 0. The predicted molar refractivity (Wildman–Crippen MR) is 85.6 cm³/mol. The van der Waals surface area contributed by atoms with Crippen LogP contribution in [0.4, 0.5) is 0 Å². The van der Waals surface area contributed by atoms with Crippen molar-refractivity contribution in [2.75, 3.05) is 26.4 Å². The molecule has 22 heavy (non-hydrogen) atoms. The van der Waals surface area contributed by atoms with E-state index in [0.29, 0.717) is 12.0 Å². The first-order valence-electron chi connectivity index (χ1n) is 8.64. The Kier molecular flexibility index (Phi) is 5.50. The summed E-state index contributed by atoms with van der Waals surface area (Å²) < 4.78 is 13.3. The van der Waals surface area contributed by atoms with Gasteiger partial charge in [0.1, 0.15) is 6.10 Å². The highest BCUT2D eigenvalue weighted by atomic mass is 16.5. The number of ether oxygens (including phenoxy) is 2. The first-order chi connectivity index (χ1) is 10.7. The van der Waals surface area contributed by atoms with Crippen molar-refractivity contribution < 1.29 is 9.47 Å². The van der Waals surface area contributed by atoms with E-state index >= 15 is 0 Å². The average Bonchev–Trinajstić information content (AvgIpc) is 3.14. The molecule has 0 saturated carbocycles. The van der Waals surface area contributed by atoms with Gasteiger partial charge in [-0.3, -0.25) is 4.68 Å². The fourth-order valence-corrected chi connectivity index (χ4v) is 3.75. The molecule has 1 unspecified atom stereocenters. The van der Waals surface area contributed by atoms with Gasteiger partial charge in [0.25, 0.3) is 0 Å². The van der Waals surface area contributed by atoms with Gasteiger partial charge in [-0.2, -0.15) is 5.10 Å². The van der Waals surface area contributed by atoms with Gasteiger partial charge in [-0.25, -0.2) is 0 Å². The van der Waals surface area contributed by atoms with Crippen LogP contribution in [0.25, 0.3) is 0 Å². The molecule has 2 aliphatic rings. The zero-order valence-electron chi connectivity index (χ0n) is 13.8. The van der Waals surface area contributed by atoms with Crippen LogP contribution >= 0.6 is 0 Å². The number of rotatable bonds is 6. The van der Waals surface area contributed by atoms with Gasteiger partial charge in [-0.1, -0.05) is 0 Å². The summed E-state index contributed by atoms with van der Waals surface area (Å²) in [5, 5.41) is 8.01. The molecule has 3 rings (SSSR count). The van der Waals surface area contributed by atoms with Crippen molar-refractivity contribution in [3.8, 4) is 0 Å². The molecule has 1 aromatic rings. The summed E-state index contributed by atoms with van der Waals surface area (Å²) in [4.78, 5) is 0. The highest BCUT2D eigenvalue weighted by Gasteiger charge is 2.31. The molecule has 0 aliphatic carbocycles. The van der Waals surface area contributed by atoms with Crippen LogP contribution in [-0.4, -0.2) is 42.2 Å². The summed E-state index contributed by atoms with van der Waals surface area (Å²) in [6.07, 6.45) is 6.87. The van der Waals surface area contributed by atoms with E-state index in [1.807, 2.05) is 17.9 Å². The van der Waals surface area contributed by atoms with E-state index in [2.05, 4.69) is 23.4 Å². The minimum absolute atomic E-state index is 0.190. The van der Waals surface area contributed by atoms with Crippen LogP contribution in [0.5, 0.6) is 0 Å². The van der Waals surface area contributed by atoms with Crippen LogP contribution in [0.15, 0.2) is 12.3 Å². The topological polar surface area (TPSA) is 48.3 Å². The van der Waals surface area contributed by atoms with E-state index in [-0.39, 0.29) is 6.10 Å². The number of nitrogens with one attached hydrogen (secondary N) is 1. The standard InChI is InChI=1S/C17H29N3O2/c1-13(11-14-4-8-21-9-5-14)18-12-15-6-10-22-17(15)16-3-7-19-20(16)2/h3,7,13-15,17-18H,4-6,8-12H2,1-2H3/t13?,15-,17+/m0/s1. The van der Waals surface area contributed by atoms with Crippen molar-refractivity contribution in [2.24, 2.45) is 18.9 Å². The Morgan fingerprint density at radius 1 is 1.32 bits per heavy atom. The summed E-state index contributed by atoms with van der Waals surface area (Å²) in [6.45, 7) is 6.08. The average molecular weight is 307 g/mol. The maximum Gasteiger partial charge on any atom is 0.103 e. The fraction of sp³-hybridized carbons (Fsp3) is 0.824. The van der Waals surface area contributed by atoms with E-state index in [1.54, 1.807) is 0 Å². The minimum atomic E-state index is 0.190. The smallest absolute Gasteiger partial charge is 0.103 e. The van der Waals surface area contributed by atoms with Crippen LogP contribution in [-0.2, 0) is 16.5 Å². The molecule has 0 spiro atoms. The largest absolute Gasteiger partial charge is 0.381 e. The van der Waals surface area contributed by atoms with Crippen molar-refractivity contribution >= 4 is 0 Å². The number of aromatic nitrogens is 2. The van der Waals surface area contributed by atoms with E-state index in [4.69, 9.17) is 9.47 Å². The molecular formula is C17H29N3O2. The molecule has 2 fully saturated rings. The Balaban J connectivity index is 1.46. The van der Waals surface area contributed by atoms with Crippen LogP contribution in [0.2, 0.25) is 0 Å². The predicted octanol–water partition coefficient (Wildman–Crippen LogP) is 2.29. The van der Waals surface area contributed by atoms with Crippen molar-refractivity contribution in [2.45, 2.75) is 44.8 Å². The lowest BCUT2D eigenvalue weighted by Gasteiger charge is -2.27. The van der Waals surface area contributed by atoms with Crippen molar-refractivity contribution in [3.63, 3.8) is 0 Å². The van der Waals surface area contributed by atoms with Gasteiger partial charge >= 0.3 is 0 Å². The van der Waals surface area contributed by atoms with E-state index in [1.165, 1.54) is 25.0 Å². The third kappa shape index (κ3) is 3.89. The number of nitrogens with zero attached hydrogens (tertiary/aromatic N) is 2. The molecule has 2 aliphatic heterocycles. The molecule has 5 nitrogen and oxygen atoms in total. The SMILES string of the molecule is CC(CC1CCOCC1)NC[C@@H]1CCO[C@H]1c1ccnn1C. The zero-order valence-corrected chi connectivity index (χ0v) is 13.8. The molecule has 124 valence electrons. The van der Waals surface area contributed by atoms with Crippen molar-refractivity contribution in [1.82, 2.24) is 15.1 Å². The molecule has 1 N–H and O–H groups in total. The molecule has 0 bridgehead atoms. The normalized spacial score (nSPS) is 28.1. The van der Waals surface area contributed by atoms with E-state index in [0.717, 1.165) is 38.7 Å². The summed E-state index contributed by atoms with van der Waals surface area (Å²) in [5.41, 5.74) is 1.20. The van der Waals surface area contributed by atoms with Gasteiger partial charge < -0.3 is 14.8 Å². The second-order valence-electron chi connectivity index (χ2n) is 6.82. The van der Waals surface area contributed by atoms with Gasteiger partial charge in [0.15, 0.2) is 0 Å². The zero-order chi connectivity index (χ0) is 15.4. The van der Waals surface area contributed by atoms with E-state index in [9.17, 15) is 0 Å². The van der Waals surface area contributed by atoms with Gasteiger partial charge in [0, 0.05) is 51.6 Å². The Morgan fingerprint density at radius 3 is 2.86 bits per heavy atom. The Morgan fingerprint density at radius 2 is 2.14 bits per heavy atom. The Bertz CT molecular complexity index is 457. The lowest BCUT2D eigenvalue weighted by atomic mass is 9.92. The van der Waals surface area contributed by atoms with Crippen molar-refractivity contribution in [1.29, 1.82) is 0 Å². The van der Waals surface area contributed by atoms with Gasteiger partial charge in [0.2, 0.25) is 0 Å². The quantitative estimate of drug-likeness (QED) is 0.876. The van der Waals surface area contributed by atoms with Gasteiger partial charge in [-0.05, 0) is 44.6 Å². The highest BCUT2D eigenvalue weighted by Crippen LogP contribution is 2.33. The molecular weight excluding hydrogens is 278 g/mol. The molecule has 1 aromatic heterocycles. The second-order valence-corrected chi connectivity index (χ2v) is 6.82. The van der Waals surface area contributed by atoms with E-state index < -0.39 is 0 Å². The molecule has 5 heteroatoms. The third-order valence-electron chi connectivity index (χ3n) is 5.12. The van der Waals surface area contributed by atoms with Gasteiger partial charge in [0.05, 0.1) is 5.69 Å². The van der Waals surface area contributed by atoms with Gasteiger partial charge in [-0.15, -0.1) is 0 Å². The van der Waals surface area contributed by atoms with Crippen LogP contribution in [0.3, 0.4) is 0 Å². The van der Waals surface area contributed by atoms with Crippen LogP contribution in [0, 0.1) is 11.8 Å². The first kappa shape index (κ1) is 16.0. The molecule has 2 saturated heterocycles. The molecule has 0 aromatic carbocycles. The van der Waals surface area contributed by atoms with Crippen LogP contribution in [0.1, 0.15) is 44.4 Å². The Hall–Kier alpha value is -0.910. The lowest BCUT2D eigenvalue weighted by Crippen LogP contribution is -2.34. The highest BCUT2D eigenvalue weighted by molar-refractivity contribution is 5.07. The molecule has 3 atom stereocenters. The number of hydrogen-bond acceptors (Lipinski definition) is 4. The lowest BCUT2D eigenvalue weighted by molar-refractivity contribution is 0.0602. The molecule has 0 amide bonds. The van der Waals surface area contributed by atoms with Crippen molar-refractivity contribution in [3.05, 3.63) is 18.0 Å². The summed E-state index contributed by atoms with van der Waals surface area (Å²) in [6, 6.07) is 2.64. The maximum absolute atomic E-state index is 5.96. The number of hydrogen-bond donors (Lipinski definition) is 1.